The van der Waals surface area contributed by atoms with Crippen LogP contribution >= 0.6 is 0 Å². The Kier molecular flexibility index (Phi) is 4.76. The van der Waals surface area contributed by atoms with Crippen LogP contribution in [0, 0.1) is 6.92 Å². The molecule has 2 aromatic carbocycles. The predicted octanol–water partition coefficient (Wildman–Crippen LogP) is 4.41. The number of rotatable bonds is 4. The molecule has 2 fully saturated rings. The number of nitrogens with zero attached hydrogens (tertiary/aromatic N) is 1. The smallest absolute Gasteiger partial charge is 0.119 e. The molecule has 0 aliphatic carbocycles. The van der Waals surface area contributed by atoms with E-state index in [4.69, 9.17) is 4.74 Å². The minimum absolute atomic E-state index is 0.453. The van der Waals surface area contributed by atoms with E-state index in [0.717, 1.165) is 36.3 Å². The summed E-state index contributed by atoms with van der Waals surface area (Å²) in [7, 11) is 1.69. The fourth-order valence-corrected chi connectivity index (χ4v) is 5.08. The van der Waals surface area contributed by atoms with Crippen molar-refractivity contribution in [3.05, 3.63) is 65.2 Å². The van der Waals surface area contributed by atoms with Gasteiger partial charge in [-0.2, -0.15) is 0 Å². The molecule has 4 rings (SSSR count). The molecule has 0 aromatic heterocycles. The lowest BCUT2D eigenvalue weighted by Crippen LogP contribution is -2.56. The number of hydrogen-bond donors (Lipinski definition) is 1. The molecule has 2 aliphatic rings. The number of ether oxygens (including phenoxy) is 1. The van der Waals surface area contributed by atoms with E-state index in [-0.39, 0.29) is 0 Å². The summed E-state index contributed by atoms with van der Waals surface area (Å²) in [6.45, 7) is 3.08. The van der Waals surface area contributed by atoms with Gasteiger partial charge in [-0.25, -0.2) is 0 Å². The van der Waals surface area contributed by atoms with Crippen LogP contribution < -0.4 is 4.74 Å². The molecule has 3 nitrogen and oxygen atoms in total. The van der Waals surface area contributed by atoms with Crippen LogP contribution in [0.5, 0.6) is 5.75 Å². The van der Waals surface area contributed by atoms with Crippen LogP contribution in [0.25, 0.3) is 0 Å². The Bertz CT molecular complexity index is 744. The van der Waals surface area contributed by atoms with E-state index >= 15 is 0 Å². The van der Waals surface area contributed by atoms with Gasteiger partial charge in [-0.15, -0.1) is 0 Å². The molecular formula is C23H29NO2. The molecule has 2 aliphatic heterocycles. The Labute approximate surface area is 156 Å². The first-order chi connectivity index (χ1) is 12.6. The van der Waals surface area contributed by atoms with Gasteiger partial charge in [0.15, 0.2) is 0 Å². The minimum Gasteiger partial charge on any atom is -0.497 e. The number of aryl methyl sites for hydroxylation is 1. The third-order valence-electron chi connectivity index (χ3n) is 6.30. The average Bonchev–Trinajstić information content (AvgIpc) is 2.63. The van der Waals surface area contributed by atoms with Crippen LogP contribution in [0.4, 0.5) is 0 Å². The topological polar surface area (TPSA) is 32.7 Å². The van der Waals surface area contributed by atoms with Gasteiger partial charge in [-0.05, 0) is 61.4 Å². The van der Waals surface area contributed by atoms with Crippen molar-refractivity contribution in [3.63, 3.8) is 0 Å². The lowest BCUT2D eigenvalue weighted by atomic mass is 9.71. The summed E-state index contributed by atoms with van der Waals surface area (Å²) in [6.07, 6.45) is 5.28. The van der Waals surface area contributed by atoms with E-state index in [1.165, 1.54) is 24.8 Å². The van der Waals surface area contributed by atoms with Crippen molar-refractivity contribution in [1.29, 1.82) is 0 Å². The van der Waals surface area contributed by atoms with Gasteiger partial charge < -0.3 is 9.84 Å². The summed E-state index contributed by atoms with van der Waals surface area (Å²) in [5.74, 6) is 0.858. The third-order valence-corrected chi connectivity index (χ3v) is 6.30. The van der Waals surface area contributed by atoms with Gasteiger partial charge in [0.25, 0.3) is 0 Å². The Morgan fingerprint density at radius 1 is 1.08 bits per heavy atom. The Balaban J connectivity index is 1.59. The standard InChI is InChI=1S/C23H29NO2/c1-17-13-21(26-2)11-12-22(17)23(25)14-19-9-6-10-20(15-23)24(19)16-18-7-4-3-5-8-18/h3-5,7-8,11-13,19-20,25H,6,9-10,14-16H2,1-2H3. The zero-order valence-electron chi connectivity index (χ0n) is 15.8. The fourth-order valence-electron chi connectivity index (χ4n) is 5.08. The van der Waals surface area contributed by atoms with Crippen LogP contribution in [0.3, 0.4) is 0 Å². The summed E-state index contributed by atoms with van der Waals surface area (Å²) >= 11 is 0. The monoisotopic (exact) mass is 351 g/mol. The van der Waals surface area contributed by atoms with Crippen LogP contribution in [0.15, 0.2) is 48.5 Å². The highest BCUT2D eigenvalue weighted by atomic mass is 16.5. The maximum Gasteiger partial charge on any atom is 0.119 e. The molecule has 0 radical (unpaired) electrons. The van der Waals surface area contributed by atoms with Crippen molar-refractivity contribution in [2.75, 3.05) is 7.11 Å². The van der Waals surface area contributed by atoms with E-state index < -0.39 is 5.60 Å². The minimum atomic E-state index is -0.723. The molecule has 1 N–H and O–H groups in total. The molecule has 2 bridgehead atoms. The van der Waals surface area contributed by atoms with Crippen LogP contribution in [-0.4, -0.2) is 29.2 Å². The van der Waals surface area contributed by atoms with Gasteiger partial charge in [-0.3, -0.25) is 4.90 Å². The number of benzene rings is 2. The molecule has 2 heterocycles. The quantitative estimate of drug-likeness (QED) is 0.886. The highest BCUT2D eigenvalue weighted by molar-refractivity contribution is 5.39. The van der Waals surface area contributed by atoms with E-state index in [1.54, 1.807) is 7.11 Å². The molecule has 2 unspecified atom stereocenters. The number of aliphatic hydroxyl groups is 1. The number of methoxy groups -OCH3 is 1. The first-order valence-corrected chi connectivity index (χ1v) is 9.76. The molecule has 0 spiro atoms. The molecule has 138 valence electrons. The van der Waals surface area contributed by atoms with Crippen molar-refractivity contribution >= 4 is 0 Å². The summed E-state index contributed by atoms with van der Waals surface area (Å²) in [6, 6.07) is 17.7. The highest BCUT2D eigenvalue weighted by Gasteiger charge is 2.46. The number of fused-ring (bicyclic) bond motifs is 2. The molecule has 0 saturated carbocycles. The van der Waals surface area contributed by atoms with Crippen molar-refractivity contribution in [2.45, 2.75) is 63.3 Å². The molecule has 2 atom stereocenters. The van der Waals surface area contributed by atoms with Crippen LogP contribution in [0.2, 0.25) is 0 Å². The molecule has 26 heavy (non-hydrogen) atoms. The molecular weight excluding hydrogens is 322 g/mol. The summed E-state index contributed by atoms with van der Waals surface area (Å²) in [5, 5.41) is 11.6. The van der Waals surface area contributed by atoms with E-state index in [0.29, 0.717) is 12.1 Å². The van der Waals surface area contributed by atoms with Crippen LogP contribution in [0.1, 0.15) is 48.8 Å². The number of hydrogen-bond acceptors (Lipinski definition) is 3. The van der Waals surface area contributed by atoms with E-state index in [1.807, 2.05) is 12.1 Å². The van der Waals surface area contributed by atoms with E-state index in [9.17, 15) is 5.11 Å². The Morgan fingerprint density at radius 3 is 2.38 bits per heavy atom. The second kappa shape index (κ2) is 7.05. The first kappa shape index (κ1) is 17.6. The van der Waals surface area contributed by atoms with Crippen molar-refractivity contribution < 1.29 is 9.84 Å². The number of piperidine rings is 2. The molecule has 2 saturated heterocycles. The zero-order valence-corrected chi connectivity index (χ0v) is 15.8. The van der Waals surface area contributed by atoms with Crippen molar-refractivity contribution in [3.8, 4) is 5.75 Å². The molecule has 0 amide bonds. The van der Waals surface area contributed by atoms with Gasteiger partial charge in [0, 0.05) is 18.6 Å². The maximum atomic E-state index is 11.6. The fraction of sp³-hybridized carbons (Fsp3) is 0.478. The normalized spacial score (nSPS) is 28.7. The SMILES string of the molecule is COc1ccc(C2(O)CC3CCCC(C2)N3Cc2ccccc2)c(C)c1. The predicted molar refractivity (Wildman–Crippen MR) is 104 cm³/mol. The van der Waals surface area contributed by atoms with Gasteiger partial charge in [-0.1, -0.05) is 42.8 Å². The Hall–Kier alpha value is -1.84. The second-order valence-electron chi connectivity index (χ2n) is 8.02. The zero-order chi connectivity index (χ0) is 18.1. The molecule has 3 heteroatoms. The lowest BCUT2D eigenvalue weighted by molar-refractivity contribution is -0.100. The maximum absolute atomic E-state index is 11.6. The summed E-state index contributed by atoms with van der Waals surface area (Å²) < 4.78 is 5.34. The average molecular weight is 351 g/mol. The van der Waals surface area contributed by atoms with Crippen molar-refractivity contribution in [1.82, 2.24) is 4.90 Å². The Morgan fingerprint density at radius 2 is 1.77 bits per heavy atom. The molecule has 2 aromatic rings. The van der Waals surface area contributed by atoms with Gasteiger partial charge in [0.1, 0.15) is 5.75 Å². The highest BCUT2D eigenvalue weighted by Crippen LogP contribution is 2.46. The third kappa shape index (κ3) is 3.26. The lowest BCUT2D eigenvalue weighted by Gasteiger charge is -2.52. The summed E-state index contributed by atoms with van der Waals surface area (Å²) in [5.41, 5.74) is 2.85. The largest absolute Gasteiger partial charge is 0.497 e. The second-order valence-corrected chi connectivity index (χ2v) is 8.02. The van der Waals surface area contributed by atoms with Gasteiger partial charge >= 0.3 is 0 Å². The summed E-state index contributed by atoms with van der Waals surface area (Å²) in [4.78, 5) is 2.64. The van der Waals surface area contributed by atoms with Crippen LogP contribution in [-0.2, 0) is 12.1 Å². The first-order valence-electron chi connectivity index (χ1n) is 9.76. The van der Waals surface area contributed by atoms with Crippen molar-refractivity contribution in [2.24, 2.45) is 0 Å². The van der Waals surface area contributed by atoms with E-state index in [2.05, 4.69) is 48.2 Å². The van der Waals surface area contributed by atoms with Gasteiger partial charge in [0.2, 0.25) is 0 Å². The van der Waals surface area contributed by atoms with Gasteiger partial charge in [0.05, 0.1) is 12.7 Å².